The topological polar surface area (TPSA) is 64.6 Å². The molecule has 1 N–H and O–H groups in total. The van der Waals surface area contributed by atoms with E-state index >= 15 is 0 Å². The van der Waals surface area contributed by atoms with E-state index in [1.807, 2.05) is 60.7 Å². The molecule has 0 aliphatic carbocycles. The maximum atomic E-state index is 12.7. The predicted octanol–water partition coefficient (Wildman–Crippen LogP) is 2.78. The third kappa shape index (κ3) is 3.67. The average Bonchev–Trinajstić information content (AvgIpc) is 2.76. The molecule has 28 heavy (non-hydrogen) atoms. The Bertz CT molecular complexity index is 1010. The van der Waals surface area contributed by atoms with E-state index < -0.39 is 17.5 Å². The van der Waals surface area contributed by atoms with E-state index in [9.17, 15) is 9.59 Å². The van der Waals surface area contributed by atoms with Gasteiger partial charge in [0.15, 0.2) is 5.54 Å². The number of carbonyl (C=O) groups is 2. The Morgan fingerprint density at radius 1 is 1.00 bits per heavy atom. The number of ether oxygens (including phenoxy) is 2. The van der Waals surface area contributed by atoms with Crippen molar-refractivity contribution in [3.05, 3.63) is 89.1 Å². The number of rotatable bonds is 3. The summed E-state index contributed by atoms with van der Waals surface area (Å²) in [5.41, 5.74) is 1.16. The van der Waals surface area contributed by atoms with E-state index in [4.69, 9.17) is 9.47 Å². The molecule has 1 atom stereocenters. The molecule has 2 aromatic carbocycles. The van der Waals surface area contributed by atoms with Crippen LogP contribution in [0.3, 0.4) is 0 Å². The number of methoxy groups -OCH3 is 2. The first-order chi connectivity index (χ1) is 13.6. The molecule has 0 aromatic heterocycles. The molecule has 5 heteroatoms. The second-order valence-electron chi connectivity index (χ2n) is 6.00. The SMILES string of the molecule is COC(=O)/C=C(\C(=O)OC)C1(C#Cc2ccccc2)NC=Cc2ccccc21. The van der Waals surface area contributed by atoms with Gasteiger partial charge in [0.1, 0.15) is 0 Å². The van der Waals surface area contributed by atoms with Crippen LogP contribution in [0.2, 0.25) is 0 Å². The maximum Gasteiger partial charge on any atom is 0.337 e. The van der Waals surface area contributed by atoms with Crippen molar-refractivity contribution in [3.63, 3.8) is 0 Å². The lowest BCUT2D eigenvalue weighted by Gasteiger charge is -2.34. The molecule has 1 aliphatic heterocycles. The molecule has 1 aliphatic rings. The standard InChI is InChI=1S/C23H19NO4/c1-27-21(25)16-20(22(26)28-2)23(14-12-17-8-4-3-5-9-17)19-11-7-6-10-18(19)13-15-24-23/h3-11,13,15-16,24H,1-2H3/b20-16+. The molecule has 1 heterocycles. The molecule has 0 saturated carbocycles. The minimum absolute atomic E-state index is 0.0436. The van der Waals surface area contributed by atoms with Gasteiger partial charge in [-0.3, -0.25) is 0 Å². The zero-order chi connectivity index (χ0) is 20.0. The number of carbonyl (C=O) groups excluding carboxylic acids is 2. The summed E-state index contributed by atoms with van der Waals surface area (Å²) in [5, 5.41) is 3.17. The minimum Gasteiger partial charge on any atom is -0.466 e. The van der Waals surface area contributed by atoms with Crippen molar-refractivity contribution in [3.8, 4) is 11.8 Å². The normalized spacial score (nSPS) is 17.4. The van der Waals surface area contributed by atoms with Gasteiger partial charge in [-0.25, -0.2) is 9.59 Å². The number of hydrogen-bond acceptors (Lipinski definition) is 5. The molecule has 3 rings (SSSR count). The molecule has 0 amide bonds. The molecule has 0 fully saturated rings. The monoisotopic (exact) mass is 373 g/mol. The quantitative estimate of drug-likeness (QED) is 0.509. The van der Waals surface area contributed by atoms with Crippen LogP contribution in [0.15, 0.2) is 72.4 Å². The van der Waals surface area contributed by atoms with Crippen molar-refractivity contribution >= 4 is 18.0 Å². The van der Waals surface area contributed by atoms with Gasteiger partial charge >= 0.3 is 11.9 Å². The Labute approximate surface area is 163 Å². The van der Waals surface area contributed by atoms with E-state index in [1.165, 1.54) is 14.2 Å². The van der Waals surface area contributed by atoms with Crippen LogP contribution in [0, 0.1) is 11.8 Å². The Hall–Kier alpha value is -3.78. The summed E-state index contributed by atoms with van der Waals surface area (Å²) < 4.78 is 9.70. The number of esters is 2. The predicted molar refractivity (Wildman–Crippen MR) is 106 cm³/mol. The fraction of sp³-hybridized carbons (Fsp3) is 0.130. The second-order valence-corrected chi connectivity index (χ2v) is 6.00. The summed E-state index contributed by atoms with van der Waals surface area (Å²) >= 11 is 0. The van der Waals surface area contributed by atoms with Crippen molar-refractivity contribution in [1.29, 1.82) is 0 Å². The van der Waals surface area contributed by atoms with Gasteiger partial charge in [-0.2, -0.15) is 0 Å². The van der Waals surface area contributed by atoms with Crippen molar-refractivity contribution in [2.75, 3.05) is 14.2 Å². The summed E-state index contributed by atoms with van der Waals surface area (Å²) in [6.07, 6.45) is 4.70. The smallest absolute Gasteiger partial charge is 0.337 e. The highest BCUT2D eigenvalue weighted by Gasteiger charge is 2.42. The first-order valence-corrected chi connectivity index (χ1v) is 8.61. The van der Waals surface area contributed by atoms with E-state index in [0.29, 0.717) is 0 Å². The Morgan fingerprint density at radius 2 is 1.71 bits per heavy atom. The van der Waals surface area contributed by atoms with Crippen LogP contribution >= 0.6 is 0 Å². The van der Waals surface area contributed by atoms with Gasteiger partial charge in [0, 0.05) is 17.2 Å². The third-order valence-electron chi connectivity index (χ3n) is 4.37. The Morgan fingerprint density at radius 3 is 2.43 bits per heavy atom. The first kappa shape index (κ1) is 19.0. The largest absolute Gasteiger partial charge is 0.466 e. The molecular formula is C23H19NO4. The summed E-state index contributed by atoms with van der Waals surface area (Å²) in [5.74, 6) is 4.92. The Balaban J connectivity index is 2.28. The average molecular weight is 373 g/mol. The van der Waals surface area contributed by atoms with Gasteiger partial charge in [-0.05, 0) is 30.0 Å². The summed E-state index contributed by atoms with van der Waals surface area (Å²) in [4.78, 5) is 24.7. The Kier molecular flexibility index (Phi) is 5.61. The van der Waals surface area contributed by atoms with Crippen LogP contribution in [0.5, 0.6) is 0 Å². The summed E-state index contributed by atoms with van der Waals surface area (Å²) in [7, 11) is 2.51. The third-order valence-corrected chi connectivity index (χ3v) is 4.37. The highest BCUT2D eigenvalue weighted by Crippen LogP contribution is 2.36. The molecule has 2 aromatic rings. The molecule has 5 nitrogen and oxygen atoms in total. The second kappa shape index (κ2) is 8.28. The lowest BCUT2D eigenvalue weighted by Crippen LogP contribution is -2.45. The highest BCUT2D eigenvalue weighted by atomic mass is 16.5. The van der Waals surface area contributed by atoms with Crippen molar-refractivity contribution in [1.82, 2.24) is 5.32 Å². The van der Waals surface area contributed by atoms with Crippen molar-refractivity contribution in [2.24, 2.45) is 0 Å². The molecule has 0 saturated heterocycles. The minimum atomic E-state index is -1.28. The van der Waals surface area contributed by atoms with Gasteiger partial charge in [0.25, 0.3) is 0 Å². The molecule has 1 unspecified atom stereocenters. The molecule has 0 bridgehead atoms. The van der Waals surface area contributed by atoms with Crippen LogP contribution < -0.4 is 5.32 Å². The molecule has 0 radical (unpaired) electrons. The van der Waals surface area contributed by atoms with Crippen molar-refractivity contribution in [2.45, 2.75) is 5.54 Å². The molecule has 140 valence electrons. The van der Waals surface area contributed by atoms with Gasteiger partial charge in [0.05, 0.1) is 19.8 Å². The fourth-order valence-corrected chi connectivity index (χ4v) is 3.01. The summed E-state index contributed by atoms with van der Waals surface area (Å²) in [6, 6.07) is 16.9. The van der Waals surface area contributed by atoms with E-state index in [1.54, 1.807) is 6.20 Å². The van der Waals surface area contributed by atoms with Crippen LogP contribution in [0.4, 0.5) is 0 Å². The van der Waals surface area contributed by atoms with Gasteiger partial charge < -0.3 is 14.8 Å². The first-order valence-electron chi connectivity index (χ1n) is 8.61. The maximum absolute atomic E-state index is 12.7. The van der Waals surface area contributed by atoms with Gasteiger partial charge in [-0.1, -0.05) is 54.3 Å². The van der Waals surface area contributed by atoms with E-state index in [2.05, 4.69) is 17.2 Å². The van der Waals surface area contributed by atoms with Crippen LogP contribution in [0.25, 0.3) is 6.08 Å². The zero-order valence-electron chi connectivity index (χ0n) is 15.6. The zero-order valence-corrected chi connectivity index (χ0v) is 15.6. The number of fused-ring (bicyclic) bond motifs is 1. The number of benzene rings is 2. The highest BCUT2D eigenvalue weighted by molar-refractivity contribution is 6.00. The number of nitrogens with one attached hydrogen (secondary N) is 1. The van der Waals surface area contributed by atoms with Crippen LogP contribution in [-0.4, -0.2) is 26.2 Å². The number of hydrogen-bond donors (Lipinski definition) is 1. The fourth-order valence-electron chi connectivity index (χ4n) is 3.01. The van der Waals surface area contributed by atoms with Crippen LogP contribution in [0.1, 0.15) is 16.7 Å². The van der Waals surface area contributed by atoms with Crippen LogP contribution in [-0.2, 0) is 24.6 Å². The summed E-state index contributed by atoms with van der Waals surface area (Å²) in [6.45, 7) is 0. The molecular weight excluding hydrogens is 354 g/mol. The molecule has 0 spiro atoms. The van der Waals surface area contributed by atoms with Crippen molar-refractivity contribution < 1.29 is 19.1 Å². The van der Waals surface area contributed by atoms with Gasteiger partial charge in [-0.15, -0.1) is 0 Å². The lowest BCUT2D eigenvalue weighted by molar-refractivity contribution is -0.139. The van der Waals surface area contributed by atoms with E-state index in [0.717, 1.165) is 22.8 Å². The van der Waals surface area contributed by atoms with E-state index in [-0.39, 0.29) is 5.57 Å². The van der Waals surface area contributed by atoms with Gasteiger partial charge in [0.2, 0.25) is 0 Å². The lowest BCUT2D eigenvalue weighted by atomic mass is 9.78.